The van der Waals surface area contributed by atoms with E-state index >= 15 is 0 Å². The SMILES string of the molecule is CC1CN(C(=O)Nc2ccc3c(c2)C(=O)CCC3)CCC1=O. The fourth-order valence-electron chi connectivity index (χ4n) is 3.11. The first kappa shape index (κ1) is 14.8. The number of rotatable bonds is 1. The van der Waals surface area contributed by atoms with Crippen molar-refractivity contribution in [3.8, 4) is 0 Å². The number of urea groups is 1. The largest absolute Gasteiger partial charge is 0.323 e. The predicted molar refractivity (Wildman–Crippen MR) is 83.1 cm³/mol. The van der Waals surface area contributed by atoms with Crippen molar-refractivity contribution in [2.24, 2.45) is 5.92 Å². The number of carbonyl (C=O) groups is 3. The van der Waals surface area contributed by atoms with Crippen molar-refractivity contribution in [1.29, 1.82) is 0 Å². The Morgan fingerprint density at radius 3 is 2.82 bits per heavy atom. The predicted octanol–water partition coefficient (Wildman–Crippen LogP) is 2.65. The van der Waals surface area contributed by atoms with Gasteiger partial charge < -0.3 is 10.2 Å². The van der Waals surface area contributed by atoms with Crippen LogP contribution in [0.1, 0.15) is 42.1 Å². The summed E-state index contributed by atoms with van der Waals surface area (Å²) in [4.78, 5) is 37.4. The monoisotopic (exact) mass is 300 g/mol. The molecule has 1 aliphatic carbocycles. The van der Waals surface area contributed by atoms with E-state index in [1.807, 2.05) is 19.1 Å². The molecular formula is C17H20N2O3. The van der Waals surface area contributed by atoms with Crippen molar-refractivity contribution in [3.05, 3.63) is 29.3 Å². The number of aryl methyl sites for hydroxylation is 1. The number of hydrogen-bond acceptors (Lipinski definition) is 3. The van der Waals surface area contributed by atoms with Gasteiger partial charge in [-0.05, 0) is 30.5 Å². The molecule has 0 bridgehead atoms. The third-order valence-electron chi connectivity index (χ3n) is 4.47. The van der Waals surface area contributed by atoms with Gasteiger partial charge in [0, 0.05) is 43.1 Å². The zero-order valence-corrected chi connectivity index (χ0v) is 12.7. The summed E-state index contributed by atoms with van der Waals surface area (Å²) in [6, 6.07) is 5.33. The van der Waals surface area contributed by atoms with Crippen LogP contribution in [0.3, 0.4) is 0 Å². The van der Waals surface area contributed by atoms with Gasteiger partial charge in [-0.1, -0.05) is 13.0 Å². The summed E-state index contributed by atoms with van der Waals surface area (Å²) in [6.07, 6.45) is 2.81. The molecule has 22 heavy (non-hydrogen) atoms. The number of carbonyl (C=O) groups excluding carboxylic acids is 3. The number of anilines is 1. The number of nitrogens with one attached hydrogen (secondary N) is 1. The Hall–Kier alpha value is -2.17. The van der Waals surface area contributed by atoms with Gasteiger partial charge in [-0.2, -0.15) is 0 Å². The van der Waals surface area contributed by atoms with Crippen LogP contribution >= 0.6 is 0 Å². The van der Waals surface area contributed by atoms with E-state index in [1.165, 1.54) is 0 Å². The summed E-state index contributed by atoms with van der Waals surface area (Å²) in [6.45, 7) is 2.76. The number of likely N-dealkylation sites (tertiary alicyclic amines) is 1. The Bertz CT molecular complexity index is 639. The smallest absolute Gasteiger partial charge is 0.321 e. The summed E-state index contributed by atoms with van der Waals surface area (Å²) >= 11 is 0. The van der Waals surface area contributed by atoms with Gasteiger partial charge in [0.15, 0.2) is 5.78 Å². The van der Waals surface area contributed by atoms with E-state index in [0.717, 1.165) is 24.0 Å². The minimum Gasteiger partial charge on any atom is -0.323 e. The van der Waals surface area contributed by atoms with Crippen molar-refractivity contribution in [2.75, 3.05) is 18.4 Å². The van der Waals surface area contributed by atoms with Crippen LogP contribution in [0.15, 0.2) is 18.2 Å². The Balaban J connectivity index is 1.71. The third kappa shape index (κ3) is 2.89. The van der Waals surface area contributed by atoms with E-state index in [0.29, 0.717) is 31.6 Å². The molecule has 2 amide bonds. The first-order valence-corrected chi connectivity index (χ1v) is 7.79. The van der Waals surface area contributed by atoms with E-state index in [9.17, 15) is 14.4 Å². The molecule has 1 saturated heterocycles. The van der Waals surface area contributed by atoms with Crippen LogP contribution in [-0.4, -0.2) is 35.6 Å². The summed E-state index contributed by atoms with van der Waals surface area (Å²) in [5.74, 6) is 0.252. The van der Waals surface area contributed by atoms with Gasteiger partial charge in [0.1, 0.15) is 5.78 Å². The number of Topliss-reactive ketones (excluding diaryl/α,β-unsaturated/α-hetero) is 2. The van der Waals surface area contributed by atoms with E-state index in [1.54, 1.807) is 11.0 Å². The van der Waals surface area contributed by atoms with Gasteiger partial charge in [0.2, 0.25) is 0 Å². The molecule has 1 atom stereocenters. The average molecular weight is 300 g/mol. The molecule has 3 rings (SSSR count). The topological polar surface area (TPSA) is 66.5 Å². The maximum atomic E-state index is 12.3. The Labute approximate surface area is 129 Å². The second-order valence-electron chi connectivity index (χ2n) is 6.14. The molecule has 2 aliphatic rings. The number of hydrogen-bond donors (Lipinski definition) is 1. The lowest BCUT2D eigenvalue weighted by molar-refractivity contribution is -0.124. The molecule has 116 valence electrons. The van der Waals surface area contributed by atoms with Crippen LogP contribution < -0.4 is 5.32 Å². The first-order valence-electron chi connectivity index (χ1n) is 7.79. The molecule has 1 aromatic carbocycles. The van der Waals surface area contributed by atoms with E-state index in [4.69, 9.17) is 0 Å². The number of piperidine rings is 1. The minimum absolute atomic E-state index is 0.107. The van der Waals surface area contributed by atoms with Crippen LogP contribution in [0.2, 0.25) is 0 Å². The van der Waals surface area contributed by atoms with Crippen molar-refractivity contribution in [2.45, 2.75) is 32.6 Å². The highest BCUT2D eigenvalue weighted by molar-refractivity contribution is 6.00. The van der Waals surface area contributed by atoms with Gasteiger partial charge in [0.25, 0.3) is 0 Å². The number of amides is 2. The second kappa shape index (κ2) is 5.91. The maximum absolute atomic E-state index is 12.3. The second-order valence-corrected chi connectivity index (χ2v) is 6.14. The molecule has 5 nitrogen and oxygen atoms in total. The van der Waals surface area contributed by atoms with E-state index < -0.39 is 0 Å². The minimum atomic E-state index is -0.206. The van der Waals surface area contributed by atoms with Crippen LogP contribution in [0.5, 0.6) is 0 Å². The van der Waals surface area contributed by atoms with E-state index in [2.05, 4.69) is 5.32 Å². The Morgan fingerprint density at radius 1 is 1.23 bits per heavy atom. The molecule has 1 aromatic rings. The fraction of sp³-hybridized carbons (Fsp3) is 0.471. The normalized spacial score (nSPS) is 21.5. The molecule has 5 heteroatoms. The van der Waals surface area contributed by atoms with Crippen molar-refractivity contribution in [1.82, 2.24) is 4.90 Å². The fourth-order valence-corrected chi connectivity index (χ4v) is 3.11. The number of benzene rings is 1. The summed E-state index contributed by atoms with van der Waals surface area (Å²) in [5.41, 5.74) is 2.43. The third-order valence-corrected chi connectivity index (χ3v) is 4.47. The van der Waals surface area contributed by atoms with Gasteiger partial charge >= 0.3 is 6.03 Å². The van der Waals surface area contributed by atoms with E-state index in [-0.39, 0.29) is 23.5 Å². The first-order chi connectivity index (χ1) is 10.5. The number of ketones is 2. The molecule has 1 fully saturated rings. The van der Waals surface area contributed by atoms with Crippen LogP contribution in [0, 0.1) is 5.92 Å². The highest BCUT2D eigenvalue weighted by Gasteiger charge is 2.27. The van der Waals surface area contributed by atoms with Crippen LogP contribution in [0.25, 0.3) is 0 Å². The molecular weight excluding hydrogens is 280 g/mol. The molecule has 0 saturated carbocycles. The number of nitrogens with zero attached hydrogens (tertiary/aromatic N) is 1. The lowest BCUT2D eigenvalue weighted by Crippen LogP contribution is -2.45. The molecule has 1 N–H and O–H groups in total. The van der Waals surface area contributed by atoms with Crippen LogP contribution in [-0.2, 0) is 11.2 Å². The summed E-state index contributed by atoms with van der Waals surface area (Å²) in [5, 5.41) is 2.84. The zero-order chi connectivity index (χ0) is 15.7. The molecule has 1 heterocycles. The Kier molecular flexibility index (Phi) is 3.96. The quantitative estimate of drug-likeness (QED) is 0.867. The highest BCUT2D eigenvalue weighted by atomic mass is 16.2. The number of fused-ring (bicyclic) bond motifs is 1. The van der Waals surface area contributed by atoms with Crippen molar-refractivity contribution in [3.63, 3.8) is 0 Å². The molecule has 1 unspecified atom stereocenters. The van der Waals surface area contributed by atoms with Crippen LogP contribution in [0.4, 0.5) is 10.5 Å². The highest BCUT2D eigenvalue weighted by Crippen LogP contribution is 2.24. The van der Waals surface area contributed by atoms with Gasteiger partial charge in [-0.3, -0.25) is 9.59 Å². The summed E-state index contributed by atoms with van der Waals surface area (Å²) in [7, 11) is 0. The lowest BCUT2D eigenvalue weighted by atomic mass is 9.90. The average Bonchev–Trinajstić information content (AvgIpc) is 2.51. The molecule has 1 aliphatic heterocycles. The van der Waals surface area contributed by atoms with Gasteiger partial charge in [-0.25, -0.2) is 4.79 Å². The maximum Gasteiger partial charge on any atom is 0.321 e. The molecule has 0 radical (unpaired) electrons. The van der Waals surface area contributed by atoms with Crippen molar-refractivity contribution < 1.29 is 14.4 Å². The van der Waals surface area contributed by atoms with Gasteiger partial charge in [-0.15, -0.1) is 0 Å². The molecule has 0 spiro atoms. The Morgan fingerprint density at radius 2 is 2.05 bits per heavy atom. The molecule has 0 aromatic heterocycles. The summed E-state index contributed by atoms with van der Waals surface area (Å²) < 4.78 is 0. The van der Waals surface area contributed by atoms with Gasteiger partial charge in [0.05, 0.1) is 0 Å². The van der Waals surface area contributed by atoms with Crippen molar-refractivity contribution >= 4 is 23.3 Å². The zero-order valence-electron chi connectivity index (χ0n) is 12.7. The lowest BCUT2D eigenvalue weighted by Gasteiger charge is -2.30. The standard InChI is InChI=1S/C17H20N2O3/c1-11-10-19(8-7-15(11)20)17(22)18-13-6-5-12-3-2-4-16(21)14(12)9-13/h5-6,9,11H,2-4,7-8,10H2,1H3,(H,18,22).